The Morgan fingerprint density at radius 2 is 1.67 bits per heavy atom. The van der Waals surface area contributed by atoms with Crippen LogP contribution in [-0.2, 0) is 15.1 Å². The molecule has 2 aliphatic rings. The number of rotatable bonds is 9. The number of carbonyl (C=O) groups excluding carboxylic acids is 2. The van der Waals surface area contributed by atoms with Crippen molar-refractivity contribution in [3.8, 4) is 22.4 Å². The SMILES string of the molecule is CCC(=O)N(CC)[C@H]1CC[C@H](CC(=O)Nc2cnc(-c3ccc([C@]4(N)C[C@](C)(O)C4)cc3)c(-c3ccccc3)c2)CC1. The summed E-state index contributed by atoms with van der Waals surface area (Å²) >= 11 is 0. The minimum absolute atomic E-state index is 0.00188. The van der Waals surface area contributed by atoms with E-state index in [1.807, 2.05) is 86.3 Å². The molecule has 42 heavy (non-hydrogen) atoms. The molecule has 2 amide bonds. The summed E-state index contributed by atoms with van der Waals surface area (Å²) in [6, 6.07) is 20.5. The van der Waals surface area contributed by atoms with Gasteiger partial charge in [-0.05, 0) is 75.5 Å². The molecular weight excluding hydrogens is 524 g/mol. The van der Waals surface area contributed by atoms with Gasteiger partial charge in [-0.1, -0.05) is 61.5 Å². The van der Waals surface area contributed by atoms with Gasteiger partial charge in [0.25, 0.3) is 0 Å². The number of anilines is 1. The monoisotopic (exact) mass is 568 g/mol. The molecule has 1 heterocycles. The summed E-state index contributed by atoms with van der Waals surface area (Å²) in [7, 11) is 0. The number of hydrogen-bond acceptors (Lipinski definition) is 5. The summed E-state index contributed by atoms with van der Waals surface area (Å²) in [4.78, 5) is 32.2. The Labute approximate surface area is 249 Å². The van der Waals surface area contributed by atoms with Crippen molar-refractivity contribution in [2.45, 2.75) is 89.3 Å². The van der Waals surface area contributed by atoms with E-state index in [9.17, 15) is 14.7 Å². The van der Waals surface area contributed by atoms with Crippen LogP contribution in [0.25, 0.3) is 22.4 Å². The number of carbonyl (C=O) groups is 2. The van der Waals surface area contributed by atoms with E-state index in [4.69, 9.17) is 10.7 Å². The van der Waals surface area contributed by atoms with Crippen LogP contribution >= 0.6 is 0 Å². The molecule has 2 fully saturated rings. The predicted molar refractivity (Wildman–Crippen MR) is 168 cm³/mol. The van der Waals surface area contributed by atoms with Crippen LogP contribution in [0.15, 0.2) is 66.9 Å². The summed E-state index contributed by atoms with van der Waals surface area (Å²) in [6.07, 6.45) is 7.64. The molecule has 0 aliphatic heterocycles. The smallest absolute Gasteiger partial charge is 0.224 e. The molecular formula is C35H44N4O3. The summed E-state index contributed by atoms with van der Waals surface area (Å²) in [5.74, 6) is 0.537. The Kier molecular flexibility index (Phi) is 8.81. The Morgan fingerprint density at radius 3 is 2.26 bits per heavy atom. The van der Waals surface area contributed by atoms with Crippen LogP contribution < -0.4 is 11.1 Å². The number of amides is 2. The molecule has 5 rings (SSSR count). The molecule has 0 spiro atoms. The highest BCUT2D eigenvalue weighted by molar-refractivity contribution is 5.93. The van der Waals surface area contributed by atoms with Crippen LogP contribution in [0.3, 0.4) is 0 Å². The topological polar surface area (TPSA) is 109 Å². The standard InChI is InChI=1S/C35H44N4O3/c1-4-32(41)39(5-2)29-17-11-24(12-18-29)19-31(40)38-28-20-30(25-9-7-6-8-10-25)33(37-21-28)26-13-15-27(16-14-26)35(36)22-34(3,42)23-35/h6-10,13-16,20-21,24,29,42H,4-5,11-12,17-19,22-23,36H2,1-3H3,(H,38,40)/t24-,29-,34-,35-. The van der Waals surface area contributed by atoms with E-state index < -0.39 is 11.1 Å². The minimum Gasteiger partial charge on any atom is -0.390 e. The van der Waals surface area contributed by atoms with Gasteiger partial charge in [-0.3, -0.25) is 14.6 Å². The second kappa shape index (κ2) is 12.4. The molecule has 222 valence electrons. The summed E-state index contributed by atoms with van der Waals surface area (Å²) < 4.78 is 0. The van der Waals surface area contributed by atoms with Crippen molar-refractivity contribution in [3.63, 3.8) is 0 Å². The van der Waals surface area contributed by atoms with Gasteiger partial charge in [0.15, 0.2) is 0 Å². The van der Waals surface area contributed by atoms with Crippen molar-refractivity contribution in [3.05, 3.63) is 72.4 Å². The van der Waals surface area contributed by atoms with Gasteiger partial charge in [0.1, 0.15) is 0 Å². The summed E-state index contributed by atoms with van der Waals surface area (Å²) in [6.45, 7) is 6.53. The maximum atomic E-state index is 13.1. The average Bonchev–Trinajstić information content (AvgIpc) is 2.97. The molecule has 3 aromatic rings. The van der Waals surface area contributed by atoms with Gasteiger partial charge < -0.3 is 21.1 Å². The lowest BCUT2D eigenvalue weighted by atomic mass is 9.63. The molecule has 7 heteroatoms. The lowest BCUT2D eigenvalue weighted by Gasteiger charge is -2.49. The van der Waals surface area contributed by atoms with E-state index in [0.717, 1.165) is 60.2 Å². The molecule has 0 bridgehead atoms. The van der Waals surface area contributed by atoms with Gasteiger partial charge >= 0.3 is 0 Å². The zero-order valence-electron chi connectivity index (χ0n) is 25.1. The fourth-order valence-electron chi connectivity index (χ4n) is 7.05. The summed E-state index contributed by atoms with van der Waals surface area (Å²) in [5, 5.41) is 13.3. The van der Waals surface area contributed by atoms with E-state index in [-0.39, 0.29) is 11.8 Å². The molecule has 2 aliphatic carbocycles. The van der Waals surface area contributed by atoms with Gasteiger partial charge in [-0.15, -0.1) is 0 Å². The van der Waals surface area contributed by atoms with Crippen LogP contribution in [0.2, 0.25) is 0 Å². The second-order valence-corrected chi connectivity index (χ2v) is 12.5. The zero-order chi connectivity index (χ0) is 29.9. The highest BCUT2D eigenvalue weighted by Gasteiger charge is 2.49. The van der Waals surface area contributed by atoms with E-state index in [1.165, 1.54) is 0 Å². The Morgan fingerprint density at radius 1 is 1.00 bits per heavy atom. The predicted octanol–water partition coefficient (Wildman–Crippen LogP) is 6.26. The molecule has 0 unspecified atom stereocenters. The van der Waals surface area contributed by atoms with Gasteiger partial charge in [0.2, 0.25) is 11.8 Å². The lowest BCUT2D eigenvalue weighted by molar-refractivity contribution is -0.134. The molecule has 7 nitrogen and oxygen atoms in total. The van der Waals surface area contributed by atoms with Crippen LogP contribution in [0.4, 0.5) is 5.69 Å². The number of benzene rings is 2. The quantitative estimate of drug-likeness (QED) is 0.282. The van der Waals surface area contributed by atoms with E-state index in [1.54, 1.807) is 6.20 Å². The fourth-order valence-corrected chi connectivity index (χ4v) is 7.05. The minimum atomic E-state index is -0.708. The molecule has 2 aromatic carbocycles. The number of nitrogens with two attached hydrogens (primary N) is 1. The van der Waals surface area contributed by atoms with Crippen molar-refractivity contribution < 1.29 is 14.7 Å². The number of nitrogens with zero attached hydrogens (tertiary/aromatic N) is 2. The lowest BCUT2D eigenvalue weighted by Crippen LogP contribution is -2.58. The highest BCUT2D eigenvalue weighted by atomic mass is 16.3. The van der Waals surface area contributed by atoms with Crippen molar-refractivity contribution in [2.24, 2.45) is 11.7 Å². The fraction of sp³-hybridized carbons (Fsp3) is 0.457. The Hall–Kier alpha value is -3.55. The zero-order valence-corrected chi connectivity index (χ0v) is 25.1. The van der Waals surface area contributed by atoms with Gasteiger partial charge in [0, 0.05) is 42.1 Å². The first-order chi connectivity index (χ1) is 20.1. The number of aliphatic hydroxyl groups is 1. The van der Waals surface area contributed by atoms with Gasteiger partial charge in [-0.2, -0.15) is 0 Å². The van der Waals surface area contributed by atoms with Crippen LogP contribution in [0, 0.1) is 5.92 Å². The normalized spacial score (nSPS) is 25.4. The molecule has 0 saturated heterocycles. The Bertz CT molecular complexity index is 1390. The third-order valence-corrected chi connectivity index (χ3v) is 9.08. The average molecular weight is 569 g/mol. The van der Waals surface area contributed by atoms with Crippen molar-refractivity contribution in [2.75, 3.05) is 11.9 Å². The Balaban J connectivity index is 1.28. The maximum Gasteiger partial charge on any atom is 0.224 e. The van der Waals surface area contributed by atoms with E-state index >= 15 is 0 Å². The maximum absolute atomic E-state index is 13.1. The van der Waals surface area contributed by atoms with Crippen molar-refractivity contribution in [1.29, 1.82) is 0 Å². The van der Waals surface area contributed by atoms with Crippen LogP contribution in [-0.4, -0.2) is 45.0 Å². The molecule has 1 aromatic heterocycles. The van der Waals surface area contributed by atoms with E-state index in [0.29, 0.717) is 43.3 Å². The van der Waals surface area contributed by atoms with Crippen molar-refractivity contribution in [1.82, 2.24) is 9.88 Å². The second-order valence-electron chi connectivity index (χ2n) is 12.5. The summed E-state index contributed by atoms with van der Waals surface area (Å²) in [5.41, 5.74) is 10.8. The van der Waals surface area contributed by atoms with Gasteiger partial charge in [0.05, 0.1) is 23.2 Å². The third-order valence-electron chi connectivity index (χ3n) is 9.08. The van der Waals surface area contributed by atoms with Crippen LogP contribution in [0.1, 0.15) is 77.7 Å². The number of hydrogen-bond donors (Lipinski definition) is 3. The number of aromatic nitrogens is 1. The highest BCUT2D eigenvalue weighted by Crippen LogP contribution is 2.46. The largest absolute Gasteiger partial charge is 0.390 e. The first-order valence-corrected chi connectivity index (χ1v) is 15.4. The van der Waals surface area contributed by atoms with E-state index in [2.05, 4.69) is 5.32 Å². The first kappa shape index (κ1) is 29.9. The molecule has 2 saturated carbocycles. The van der Waals surface area contributed by atoms with Gasteiger partial charge in [-0.25, -0.2) is 0 Å². The molecule has 0 radical (unpaired) electrons. The van der Waals surface area contributed by atoms with Crippen molar-refractivity contribution >= 4 is 17.5 Å². The van der Waals surface area contributed by atoms with Crippen LogP contribution in [0.5, 0.6) is 0 Å². The third kappa shape index (κ3) is 6.58. The first-order valence-electron chi connectivity index (χ1n) is 15.4. The molecule has 4 N–H and O–H groups in total. The number of nitrogens with one attached hydrogen (secondary N) is 1. The molecule has 0 atom stereocenters. The number of pyridine rings is 1.